The SMILES string of the molecule is COc1ccc(C(=O)Nc2ccc3[nH]c(C)c([C@H](Nc4ccccc4C)c4ccccn4)c3c2)cc1. The average molecular weight is 477 g/mol. The zero-order chi connectivity index (χ0) is 25.1. The highest BCUT2D eigenvalue weighted by molar-refractivity contribution is 6.05. The zero-order valence-electron chi connectivity index (χ0n) is 20.5. The van der Waals surface area contributed by atoms with E-state index in [0.29, 0.717) is 11.3 Å². The van der Waals surface area contributed by atoms with Crippen LogP contribution in [0.1, 0.15) is 38.9 Å². The number of para-hydroxylation sites is 1. The number of carbonyl (C=O) groups is 1. The number of aromatic amines is 1. The minimum absolute atomic E-state index is 0.176. The van der Waals surface area contributed by atoms with Crippen LogP contribution < -0.4 is 15.4 Å². The fourth-order valence-corrected chi connectivity index (χ4v) is 4.47. The molecule has 0 aliphatic rings. The number of pyridine rings is 1. The summed E-state index contributed by atoms with van der Waals surface area (Å²) in [4.78, 5) is 21.1. The van der Waals surface area contributed by atoms with Gasteiger partial charge in [0.1, 0.15) is 5.75 Å². The van der Waals surface area contributed by atoms with Crippen molar-refractivity contribution in [3.8, 4) is 5.75 Å². The van der Waals surface area contributed by atoms with E-state index in [2.05, 4.69) is 46.6 Å². The second-order valence-electron chi connectivity index (χ2n) is 8.75. The number of fused-ring (bicyclic) bond motifs is 1. The van der Waals surface area contributed by atoms with Crippen molar-refractivity contribution >= 4 is 28.2 Å². The molecular weight excluding hydrogens is 448 g/mol. The lowest BCUT2D eigenvalue weighted by Gasteiger charge is -2.22. The van der Waals surface area contributed by atoms with Gasteiger partial charge >= 0.3 is 0 Å². The van der Waals surface area contributed by atoms with Crippen LogP contribution in [0, 0.1) is 13.8 Å². The lowest BCUT2D eigenvalue weighted by molar-refractivity contribution is 0.102. The number of H-pyrrole nitrogens is 1. The molecule has 1 atom stereocenters. The van der Waals surface area contributed by atoms with Crippen molar-refractivity contribution in [2.45, 2.75) is 19.9 Å². The van der Waals surface area contributed by atoms with Gasteiger partial charge < -0.3 is 20.4 Å². The molecule has 1 amide bonds. The maximum atomic E-state index is 12.9. The van der Waals surface area contributed by atoms with Crippen molar-refractivity contribution in [1.82, 2.24) is 9.97 Å². The van der Waals surface area contributed by atoms with E-state index in [1.165, 1.54) is 0 Å². The molecule has 0 aliphatic carbocycles. The Bertz CT molecular complexity index is 1510. The van der Waals surface area contributed by atoms with E-state index in [9.17, 15) is 4.79 Å². The fraction of sp³-hybridized carbons (Fsp3) is 0.133. The van der Waals surface area contributed by atoms with Gasteiger partial charge in [0, 0.05) is 45.3 Å². The van der Waals surface area contributed by atoms with E-state index in [1.54, 1.807) is 31.4 Å². The Labute approximate surface area is 210 Å². The third kappa shape index (κ3) is 4.66. The number of hydrogen-bond acceptors (Lipinski definition) is 4. The van der Waals surface area contributed by atoms with Crippen molar-refractivity contribution in [1.29, 1.82) is 0 Å². The molecule has 6 nitrogen and oxygen atoms in total. The van der Waals surface area contributed by atoms with Gasteiger partial charge in [-0.15, -0.1) is 0 Å². The van der Waals surface area contributed by atoms with Gasteiger partial charge in [0.25, 0.3) is 5.91 Å². The molecule has 0 spiro atoms. The number of nitrogens with zero attached hydrogens (tertiary/aromatic N) is 1. The minimum atomic E-state index is -0.186. The summed E-state index contributed by atoms with van der Waals surface area (Å²) in [6, 6.07) is 27.0. The summed E-state index contributed by atoms with van der Waals surface area (Å²) in [5, 5.41) is 7.77. The maximum Gasteiger partial charge on any atom is 0.255 e. The van der Waals surface area contributed by atoms with Crippen LogP contribution in [0.5, 0.6) is 5.75 Å². The Kier molecular flexibility index (Phi) is 6.41. The van der Waals surface area contributed by atoms with Gasteiger partial charge in [-0.3, -0.25) is 9.78 Å². The smallest absolute Gasteiger partial charge is 0.255 e. The molecule has 36 heavy (non-hydrogen) atoms. The first kappa shape index (κ1) is 23.2. The molecular formula is C30H28N4O2. The van der Waals surface area contributed by atoms with Crippen LogP contribution in [0.4, 0.5) is 11.4 Å². The fourth-order valence-electron chi connectivity index (χ4n) is 4.47. The normalized spacial score (nSPS) is 11.8. The summed E-state index contributed by atoms with van der Waals surface area (Å²) in [6.45, 7) is 4.16. The van der Waals surface area contributed by atoms with Crippen LogP contribution in [0.25, 0.3) is 10.9 Å². The number of anilines is 2. The van der Waals surface area contributed by atoms with E-state index >= 15 is 0 Å². The molecule has 3 aromatic carbocycles. The first-order chi connectivity index (χ1) is 17.5. The Morgan fingerprint density at radius 2 is 1.72 bits per heavy atom. The number of nitrogens with one attached hydrogen (secondary N) is 3. The van der Waals surface area contributed by atoms with Gasteiger partial charge in [0.05, 0.1) is 18.8 Å². The third-order valence-corrected chi connectivity index (χ3v) is 6.36. The number of carbonyl (C=O) groups excluding carboxylic acids is 1. The van der Waals surface area contributed by atoms with Crippen molar-refractivity contribution in [3.05, 3.63) is 119 Å². The molecule has 0 fully saturated rings. The predicted octanol–water partition coefficient (Wildman–Crippen LogP) is 6.64. The van der Waals surface area contributed by atoms with Crippen molar-refractivity contribution in [2.24, 2.45) is 0 Å². The monoisotopic (exact) mass is 476 g/mol. The van der Waals surface area contributed by atoms with Crippen LogP contribution in [0.3, 0.4) is 0 Å². The topological polar surface area (TPSA) is 79.0 Å². The lowest BCUT2D eigenvalue weighted by atomic mass is 9.98. The van der Waals surface area contributed by atoms with Gasteiger partial charge in [0.2, 0.25) is 0 Å². The highest BCUT2D eigenvalue weighted by Crippen LogP contribution is 2.35. The predicted molar refractivity (Wildman–Crippen MR) is 145 cm³/mol. The summed E-state index contributed by atoms with van der Waals surface area (Å²) in [5.74, 6) is 0.534. The van der Waals surface area contributed by atoms with E-state index in [0.717, 1.165) is 44.8 Å². The summed E-state index contributed by atoms with van der Waals surface area (Å²) >= 11 is 0. The van der Waals surface area contributed by atoms with Gasteiger partial charge in [0.15, 0.2) is 0 Å². The molecule has 6 heteroatoms. The van der Waals surface area contributed by atoms with E-state index in [-0.39, 0.29) is 11.9 Å². The average Bonchev–Trinajstić information content (AvgIpc) is 3.23. The summed E-state index contributed by atoms with van der Waals surface area (Å²) < 4.78 is 5.19. The number of methoxy groups -OCH3 is 1. The molecule has 5 rings (SSSR count). The highest BCUT2D eigenvalue weighted by atomic mass is 16.5. The number of amides is 1. The minimum Gasteiger partial charge on any atom is -0.497 e. The molecule has 0 radical (unpaired) electrons. The van der Waals surface area contributed by atoms with E-state index in [1.807, 2.05) is 54.7 Å². The lowest BCUT2D eigenvalue weighted by Crippen LogP contribution is -2.15. The standard InChI is InChI=1S/C30H28N4O2/c1-19-8-4-5-9-25(19)34-29(27-10-6-7-17-31-27)28-20(2)32-26-16-13-22(18-24(26)28)33-30(35)21-11-14-23(36-3)15-12-21/h4-18,29,32,34H,1-3H3,(H,33,35)/t29-/m1/s1. The second-order valence-corrected chi connectivity index (χ2v) is 8.75. The zero-order valence-corrected chi connectivity index (χ0v) is 20.5. The van der Waals surface area contributed by atoms with E-state index < -0.39 is 0 Å². The Balaban J connectivity index is 1.54. The summed E-state index contributed by atoms with van der Waals surface area (Å²) in [6.07, 6.45) is 1.81. The number of ether oxygens (including phenoxy) is 1. The Morgan fingerprint density at radius 3 is 2.44 bits per heavy atom. The summed E-state index contributed by atoms with van der Waals surface area (Å²) in [5.41, 5.74) is 7.53. The van der Waals surface area contributed by atoms with Crippen LogP contribution in [0.15, 0.2) is 91.1 Å². The molecule has 2 heterocycles. The molecule has 0 unspecified atom stereocenters. The van der Waals surface area contributed by atoms with Gasteiger partial charge in [-0.25, -0.2) is 0 Å². The van der Waals surface area contributed by atoms with Crippen molar-refractivity contribution < 1.29 is 9.53 Å². The first-order valence-corrected chi connectivity index (χ1v) is 11.8. The van der Waals surface area contributed by atoms with Crippen LogP contribution in [-0.4, -0.2) is 23.0 Å². The third-order valence-electron chi connectivity index (χ3n) is 6.36. The quantitative estimate of drug-likeness (QED) is 0.246. The molecule has 0 bridgehead atoms. The molecule has 3 N–H and O–H groups in total. The number of aryl methyl sites for hydroxylation is 2. The number of hydrogen-bond donors (Lipinski definition) is 3. The van der Waals surface area contributed by atoms with E-state index in [4.69, 9.17) is 4.74 Å². The molecule has 5 aromatic rings. The molecule has 180 valence electrons. The van der Waals surface area contributed by atoms with Crippen LogP contribution in [-0.2, 0) is 0 Å². The maximum absolute atomic E-state index is 12.9. The number of aromatic nitrogens is 2. The van der Waals surface area contributed by atoms with Crippen LogP contribution >= 0.6 is 0 Å². The van der Waals surface area contributed by atoms with Gasteiger partial charge in [-0.2, -0.15) is 0 Å². The highest BCUT2D eigenvalue weighted by Gasteiger charge is 2.23. The largest absolute Gasteiger partial charge is 0.497 e. The van der Waals surface area contributed by atoms with Gasteiger partial charge in [-0.05, 0) is 80.1 Å². The molecule has 0 aliphatic heterocycles. The number of benzene rings is 3. The molecule has 0 saturated heterocycles. The van der Waals surface area contributed by atoms with Gasteiger partial charge in [-0.1, -0.05) is 24.3 Å². The molecule has 0 saturated carbocycles. The van der Waals surface area contributed by atoms with Crippen LogP contribution in [0.2, 0.25) is 0 Å². The number of rotatable bonds is 7. The first-order valence-electron chi connectivity index (χ1n) is 11.8. The van der Waals surface area contributed by atoms with Crippen molar-refractivity contribution in [2.75, 3.05) is 17.7 Å². The Morgan fingerprint density at radius 1 is 0.944 bits per heavy atom. The second kappa shape index (κ2) is 9.96. The summed E-state index contributed by atoms with van der Waals surface area (Å²) in [7, 11) is 1.60. The molecule has 2 aromatic heterocycles. The Hall–Kier alpha value is -4.58. The van der Waals surface area contributed by atoms with Crippen molar-refractivity contribution in [3.63, 3.8) is 0 Å².